The van der Waals surface area contributed by atoms with Crippen molar-refractivity contribution in [2.75, 3.05) is 13.1 Å². The minimum atomic E-state index is -0.0608. The van der Waals surface area contributed by atoms with Crippen LogP contribution < -0.4 is 5.73 Å². The molecule has 0 aromatic heterocycles. The zero-order chi connectivity index (χ0) is 15.5. The molecular formula is C18H28N2O. The Morgan fingerprint density at radius 1 is 1.33 bits per heavy atom. The number of benzene rings is 1. The Kier molecular flexibility index (Phi) is 5.04. The highest BCUT2D eigenvalue weighted by atomic mass is 16.2. The first-order valence-corrected chi connectivity index (χ1v) is 7.98. The van der Waals surface area contributed by atoms with E-state index in [1.165, 1.54) is 5.56 Å². The summed E-state index contributed by atoms with van der Waals surface area (Å²) in [6, 6.07) is 10.6. The second kappa shape index (κ2) is 6.61. The van der Waals surface area contributed by atoms with Crippen molar-refractivity contribution in [2.24, 2.45) is 17.1 Å². The summed E-state index contributed by atoms with van der Waals surface area (Å²) in [5, 5.41) is 0. The van der Waals surface area contributed by atoms with Gasteiger partial charge in [0.15, 0.2) is 0 Å². The zero-order valence-corrected chi connectivity index (χ0v) is 13.5. The fraction of sp³-hybridized carbons (Fsp3) is 0.611. The lowest BCUT2D eigenvalue weighted by atomic mass is 9.84. The Bertz CT molecular complexity index is 464. The van der Waals surface area contributed by atoms with E-state index in [0.29, 0.717) is 6.54 Å². The molecule has 3 heteroatoms. The molecule has 1 aromatic carbocycles. The van der Waals surface area contributed by atoms with Crippen LogP contribution in [0.15, 0.2) is 30.3 Å². The molecule has 2 atom stereocenters. The third-order valence-electron chi connectivity index (χ3n) is 4.21. The minimum Gasteiger partial charge on any atom is -0.335 e. The summed E-state index contributed by atoms with van der Waals surface area (Å²) in [5.74, 6) is 0.174. The highest BCUT2D eigenvalue weighted by Gasteiger charge is 2.34. The summed E-state index contributed by atoms with van der Waals surface area (Å²) in [6.07, 6.45) is 2.99. The predicted molar refractivity (Wildman–Crippen MR) is 86.7 cm³/mol. The average molecular weight is 288 g/mol. The van der Waals surface area contributed by atoms with Crippen molar-refractivity contribution >= 4 is 5.91 Å². The lowest BCUT2D eigenvalue weighted by Crippen LogP contribution is -2.40. The smallest absolute Gasteiger partial charge is 0.227 e. The van der Waals surface area contributed by atoms with E-state index in [9.17, 15) is 4.79 Å². The van der Waals surface area contributed by atoms with Gasteiger partial charge in [0.05, 0.1) is 12.0 Å². The first kappa shape index (κ1) is 16.0. The van der Waals surface area contributed by atoms with Gasteiger partial charge in [0.25, 0.3) is 0 Å². The minimum absolute atomic E-state index is 0.0608. The van der Waals surface area contributed by atoms with Gasteiger partial charge in [-0.2, -0.15) is 0 Å². The monoisotopic (exact) mass is 288 g/mol. The van der Waals surface area contributed by atoms with Crippen LogP contribution in [0.3, 0.4) is 0 Å². The average Bonchev–Trinajstić information content (AvgIpc) is 2.93. The summed E-state index contributed by atoms with van der Waals surface area (Å²) in [6.45, 7) is 7.80. The number of nitrogens with zero attached hydrogens (tertiary/aromatic N) is 1. The van der Waals surface area contributed by atoms with Crippen molar-refractivity contribution in [3.8, 4) is 0 Å². The number of carbonyl (C=O) groups excluding carboxylic acids is 1. The number of nitrogens with two attached hydrogens (primary N) is 1. The SMILES string of the molecule is CC(C)(C)CC(CN)C(=O)N1CCCC1c1ccccc1. The number of hydrogen-bond donors (Lipinski definition) is 1. The predicted octanol–water partition coefficient (Wildman–Crippen LogP) is 3.36. The summed E-state index contributed by atoms with van der Waals surface area (Å²) in [5.41, 5.74) is 7.26. The Morgan fingerprint density at radius 3 is 2.57 bits per heavy atom. The lowest BCUT2D eigenvalue weighted by Gasteiger charge is -2.31. The van der Waals surface area contributed by atoms with Crippen LogP contribution in [-0.2, 0) is 4.79 Å². The maximum Gasteiger partial charge on any atom is 0.227 e. The van der Waals surface area contributed by atoms with Gasteiger partial charge in [-0.25, -0.2) is 0 Å². The molecule has 0 aliphatic carbocycles. The number of likely N-dealkylation sites (tertiary alicyclic amines) is 1. The van der Waals surface area contributed by atoms with E-state index in [2.05, 4.69) is 37.8 Å². The van der Waals surface area contributed by atoms with E-state index in [1.54, 1.807) is 0 Å². The van der Waals surface area contributed by atoms with Gasteiger partial charge in [-0.1, -0.05) is 51.1 Å². The van der Waals surface area contributed by atoms with Gasteiger partial charge in [0, 0.05) is 13.1 Å². The van der Waals surface area contributed by atoms with Crippen LogP contribution >= 0.6 is 0 Å². The summed E-state index contributed by atoms with van der Waals surface area (Å²) in [4.78, 5) is 14.9. The van der Waals surface area contributed by atoms with Gasteiger partial charge in [-0.05, 0) is 30.2 Å². The molecule has 116 valence electrons. The van der Waals surface area contributed by atoms with E-state index >= 15 is 0 Å². The molecule has 1 fully saturated rings. The number of rotatable bonds is 4. The van der Waals surface area contributed by atoms with Crippen LogP contribution in [0.1, 0.15) is 51.6 Å². The molecule has 3 nitrogen and oxygen atoms in total. The molecule has 0 saturated carbocycles. The van der Waals surface area contributed by atoms with Crippen molar-refractivity contribution in [2.45, 2.75) is 46.1 Å². The van der Waals surface area contributed by atoms with Crippen molar-refractivity contribution in [3.05, 3.63) is 35.9 Å². The molecule has 0 bridgehead atoms. The van der Waals surface area contributed by atoms with Crippen LogP contribution in [-0.4, -0.2) is 23.9 Å². The molecule has 0 radical (unpaired) electrons. The zero-order valence-electron chi connectivity index (χ0n) is 13.5. The molecular weight excluding hydrogens is 260 g/mol. The van der Waals surface area contributed by atoms with E-state index in [0.717, 1.165) is 25.8 Å². The summed E-state index contributed by atoms with van der Waals surface area (Å²) < 4.78 is 0. The first-order chi connectivity index (χ1) is 9.92. The normalized spacial score (nSPS) is 20.6. The standard InChI is InChI=1S/C18H28N2O/c1-18(2,3)12-15(13-19)17(21)20-11-7-10-16(20)14-8-5-4-6-9-14/h4-6,8-9,15-16H,7,10-13,19H2,1-3H3. The highest BCUT2D eigenvalue weighted by Crippen LogP contribution is 2.34. The topological polar surface area (TPSA) is 46.3 Å². The molecule has 0 spiro atoms. The van der Waals surface area contributed by atoms with Crippen molar-refractivity contribution in [3.63, 3.8) is 0 Å². The van der Waals surface area contributed by atoms with Crippen LogP contribution in [0.4, 0.5) is 0 Å². The molecule has 1 heterocycles. The van der Waals surface area contributed by atoms with Crippen molar-refractivity contribution in [1.29, 1.82) is 0 Å². The highest BCUT2D eigenvalue weighted by molar-refractivity contribution is 5.80. The molecule has 1 aliphatic rings. The third-order valence-corrected chi connectivity index (χ3v) is 4.21. The van der Waals surface area contributed by atoms with E-state index in [-0.39, 0.29) is 23.3 Å². The Labute approximate surface area is 128 Å². The first-order valence-electron chi connectivity index (χ1n) is 7.98. The molecule has 2 unspecified atom stereocenters. The maximum absolute atomic E-state index is 12.9. The van der Waals surface area contributed by atoms with E-state index < -0.39 is 0 Å². The molecule has 1 aromatic rings. The van der Waals surface area contributed by atoms with Gasteiger partial charge in [0.1, 0.15) is 0 Å². The number of hydrogen-bond acceptors (Lipinski definition) is 2. The van der Waals surface area contributed by atoms with Crippen LogP contribution in [0, 0.1) is 11.3 Å². The van der Waals surface area contributed by atoms with Crippen LogP contribution in [0.5, 0.6) is 0 Å². The summed E-state index contributed by atoms with van der Waals surface area (Å²) >= 11 is 0. The van der Waals surface area contributed by atoms with Gasteiger partial charge < -0.3 is 10.6 Å². The van der Waals surface area contributed by atoms with Crippen LogP contribution in [0.25, 0.3) is 0 Å². The lowest BCUT2D eigenvalue weighted by molar-refractivity contribution is -0.137. The van der Waals surface area contributed by atoms with Gasteiger partial charge in [-0.3, -0.25) is 4.79 Å². The summed E-state index contributed by atoms with van der Waals surface area (Å²) in [7, 11) is 0. The maximum atomic E-state index is 12.9. The molecule has 21 heavy (non-hydrogen) atoms. The second-order valence-corrected chi connectivity index (χ2v) is 7.30. The largest absolute Gasteiger partial charge is 0.335 e. The van der Waals surface area contributed by atoms with Crippen molar-refractivity contribution in [1.82, 2.24) is 4.90 Å². The fourth-order valence-corrected chi connectivity index (χ4v) is 3.30. The second-order valence-electron chi connectivity index (χ2n) is 7.30. The van der Waals surface area contributed by atoms with Crippen LogP contribution in [0.2, 0.25) is 0 Å². The third kappa shape index (κ3) is 4.07. The van der Waals surface area contributed by atoms with E-state index in [1.807, 2.05) is 18.2 Å². The molecule has 2 rings (SSSR count). The molecule has 1 aliphatic heterocycles. The Hall–Kier alpha value is -1.35. The number of carbonyl (C=O) groups is 1. The quantitative estimate of drug-likeness (QED) is 0.923. The number of amides is 1. The molecule has 1 amide bonds. The Morgan fingerprint density at radius 2 is 2.00 bits per heavy atom. The van der Waals surface area contributed by atoms with Gasteiger partial charge >= 0.3 is 0 Å². The molecule has 1 saturated heterocycles. The van der Waals surface area contributed by atoms with Gasteiger partial charge in [-0.15, -0.1) is 0 Å². The Balaban J connectivity index is 2.13. The molecule has 2 N–H and O–H groups in total. The fourth-order valence-electron chi connectivity index (χ4n) is 3.30. The van der Waals surface area contributed by atoms with E-state index in [4.69, 9.17) is 5.73 Å². The van der Waals surface area contributed by atoms with Gasteiger partial charge in [0.2, 0.25) is 5.91 Å². The van der Waals surface area contributed by atoms with Crippen molar-refractivity contribution < 1.29 is 4.79 Å².